The fourth-order valence-electron chi connectivity index (χ4n) is 2.76. The van der Waals surface area contributed by atoms with Crippen molar-refractivity contribution >= 4 is 5.91 Å². The highest BCUT2D eigenvalue weighted by molar-refractivity contribution is 5.76. The van der Waals surface area contributed by atoms with Crippen molar-refractivity contribution in [3.8, 4) is 0 Å². The molecule has 0 aromatic heterocycles. The van der Waals surface area contributed by atoms with Gasteiger partial charge in [-0.3, -0.25) is 4.79 Å². The lowest BCUT2D eigenvalue weighted by Crippen LogP contribution is -2.33. The summed E-state index contributed by atoms with van der Waals surface area (Å²) in [5.74, 6) is 0.862. The molecule has 0 spiro atoms. The minimum Gasteiger partial charge on any atom is -0.376 e. The van der Waals surface area contributed by atoms with Crippen molar-refractivity contribution in [1.29, 1.82) is 0 Å². The van der Waals surface area contributed by atoms with Crippen LogP contribution in [0.3, 0.4) is 0 Å². The summed E-state index contributed by atoms with van der Waals surface area (Å²) in [5, 5.41) is 3.01. The first kappa shape index (κ1) is 11.9. The van der Waals surface area contributed by atoms with Gasteiger partial charge in [0.05, 0.1) is 6.10 Å². The highest BCUT2D eigenvalue weighted by atomic mass is 16.5. The summed E-state index contributed by atoms with van der Waals surface area (Å²) in [4.78, 5) is 11.7. The number of carbonyl (C=O) groups excluding carboxylic acids is 1. The Bertz CT molecular complexity index is 218. The van der Waals surface area contributed by atoms with Gasteiger partial charge in [0.2, 0.25) is 5.91 Å². The number of ether oxygens (including phenoxy) is 1. The van der Waals surface area contributed by atoms with Gasteiger partial charge < -0.3 is 10.1 Å². The van der Waals surface area contributed by atoms with Gasteiger partial charge in [-0.2, -0.15) is 0 Å². The van der Waals surface area contributed by atoms with Gasteiger partial charge in [0.1, 0.15) is 0 Å². The van der Waals surface area contributed by atoms with E-state index >= 15 is 0 Å². The predicted molar refractivity (Wildman–Crippen MR) is 63.2 cm³/mol. The SMILES string of the molecule is O=C(CC1CCCCC1)NC[C@H]1CCCO1. The predicted octanol–water partition coefficient (Wildman–Crippen LogP) is 2.25. The standard InChI is InChI=1S/C13H23NO2/c15-13(9-11-5-2-1-3-6-11)14-10-12-7-4-8-16-12/h11-12H,1-10H2,(H,14,15)/t12-/m1/s1. The summed E-state index contributed by atoms with van der Waals surface area (Å²) < 4.78 is 5.48. The molecule has 0 radical (unpaired) electrons. The molecule has 1 aliphatic heterocycles. The zero-order valence-electron chi connectivity index (χ0n) is 10.0. The number of hydrogen-bond donors (Lipinski definition) is 1. The maximum atomic E-state index is 11.7. The van der Waals surface area contributed by atoms with E-state index in [1.807, 2.05) is 0 Å². The van der Waals surface area contributed by atoms with Crippen molar-refractivity contribution < 1.29 is 9.53 Å². The lowest BCUT2D eigenvalue weighted by molar-refractivity contribution is -0.122. The van der Waals surface area contributed by atoms with E-state index in [0.717, 1.165) is 25.9 Å². The maximum Gasteiger partial charge on any atom is 0.220 e. The molecule has 1 amide bonds. The summed E-state index contributed by atoms with van der Waals surface area (Å²) in [6.07, 6.45) is 9.71. The molecule has 1 N–H and O–H groups in total. The second-order valence-electron chi connectivity index (χ2n) is 5.15. The van der Waals surface area contributed by atoms with Crippen molar-refractivity contribution in [3.63, 3.8) is 0 Å². The lowest BCUT2D eigenvalue weighted by Gasteiger charge is -2.21. The molecule has 0 aromatic carbocycles. The zero-order chi connectivity index (χ0) is 11.2. The fourth-order valence-corrected chi connectivity index (χ4v) is 2.76. The summed E-state index contributed by atoms with van der Waals surface area (Å²) in [6.45, 7) is 1.58. The molecule has 1 atom stereocenters. The third-order valence-corrected chi connectivity index (χ3v) is 3.75. The van der Waals surface area contributed by atoms with Crippen LogP contribution in [0.5, 0.6) is 0 Å². The number of rotatable bonds is 4. The van der Waals surface area contributed by atoms with E-state index in [1.165, 1.54) is 32.1 Å². The highest BCUT2D eigenvalue weighted by Gasteiger charge is 2.19. The smallest absolute Gasteiger partial charge is 0.220 e. The Morgan fingerprint density at radius 2 is 1.94 bits per heavy atom. The Balaban J connectivity index is 1.59. The molecule has 3 heteroatoms. The molecular weight excluding hydrogens is 202 g/mol. The van der Waals surface area contributed by atoms with Gasteiger partial charge in [0, 0.05) is 19.6 Å². The molecule has 0 bridgehead atoms. The Kier molecular flexibility index (Phi) is 4.64. The van der Waals surface area contributed by atoms with Crippen LogP contribution in [-0.2, 0) is 9.53 Å². The molecule has 2 aliphatic rings. The Morgan fingerprint density at radius 3 is 2.62 bits per heavy atom. The van der Waals surface area contributed by atoms with Gasteiger partial charge in [0.15, 0.2) is 0 Å². The first-order valence-electron chi connectivity index (χ1n) is 6.73. The van der Waals surface area contributed by atoms with E-state index in [9.17, 15) is 4.79 Å². The van der Waals surface area contributed by atoms with Gasteiger partial charge >= 0.3 is 0 Å². The molecule has 3 nitrogen and oxygen atoms in total. The first-order valence-corrected chi connectivity index (χ1v) is 6.73. The summed E-state index contributed by atoms with van der Waals surface area (Å²) in [5.41, 5.74) is 0. The molecule has 2 rings (SSSR count). The van der Waals surface area contributed by atoms with E-state index in [2.05, 4.69) is 5.32 Å². The molecule has 1 heterocycles. The summed E-state index contributed by atoms with van der Waals surface area (Å²) >= 11 is 0. The van der Waals surface area contributed by atoms with Gasteiger partial charge in [-0.1, -0.05) is 19.3 Å². The Hall–Kier alpha value is -0.570. The van der Waals surface area contributed by atoms with Crippen LogP contribution in [-0.4, -0.2) is 25.2 Å². The van der Waals surface area contributed by atoms with Crippen molar-refractivity contribution in [3.05, 3.63) is 0 Å². The van der Waals surface area contributed by atoms with E-state index < -0.39 is 0 Å². The average molecular weight is 225 g/mol. The van der Waals surface area contributed by atoms with Crippen LogP contribution in [0.25, 0.3) is 0 Å². The van der Waals surface area contributed by atoms with Crippen LogP contribution in [0.1, 0.15) is 51.4 Å². The number of nitrogens with one attached hydrogen (secondary N) is 1. The van der Waals surface area contributed by atoms with Crippen LogP contribution >= 0.6 is 0 Å². The molecule has 1 saturated heterocycles. The lowest BCUT2D eigenvalue weighted by atomic mass is 9.87. The van der Waals surface area contributed by atoms with Gasteiger partial charge in [-0.15, -0.1) is 0 Å². The first-order chi connectivity index (χ1) is 7.84. The number of amides is 1. The van der Waals surface area contributed by atoms with Gasteiger partial charge in [0.25, 0.3) is 0 Å². The van der Waals surface area contributed by atoms with E-state index in [4.69, 9.17) is 4.74 Å². The van der Waals surface area contributed by atoms with Crippen LogP contribution < -0.4 is 5.32 Å². The van der Waals surface area contributed by atoms with Crippen LogP contribution in [0.4, 0.5) is 0 Å². The molecule has 92 valence electrons. The quantitative estimate of drug-likeness (QED) is 0.797. The zero-order valence-corrected chi connectivity index (χ0v) is 10.0. The van der Waals surface area contributed by atoms with Crippen LogP contribution in [0.2, 0.25) is 0 Å². The summed E-state index contributed by atoms with van der Waals surface area (Å²) in [6, 6.07) is 0. The molecule has 1 aliphatic carbocycles. The molecule has 0 aromatic rings. The third kappa shape index (κ3) is 3.78. The van der Waals surface area contributed by atoms with Gasteiger partial charge in [-0.05, 0) is 31.6 Å². The highest BCUT2D eigenvalue weighted by Crippen LogP contribution is 2.26. The van der Waals surface area contributed by atoms with Crippen molar-refractivity contribution in [2.75, 3.05) is 13.2 Å². The second kappa shape index (κ2) is 6.24. The van der Waals surface area contributed by atoms with Crippen molar-refractivity contribution in [2.24, 2.45) is 5.92 Å². The maximum absolute atomic E-state index is 11.7. The molecule has 16 heavy (non-hydrogen) atoms. The molecule has 0 unspecified atom stereocenters. The monoisotopic (exact) mass is 225 g/mol. The van der Waals surface area contributed by atoms with Crippen LogP contribution in [0.15, 0.2) is 0 Å². The van der Waals surface area contributed by atoms with E-state index in [-0.39, 0.29) is 12.0 Å². The Labute approximate surface area is 97.9 Å². The van der Waals surface area contributed by atoms with E-state index in [1.54, 1.807) is 0 Å². The van der Waals surface area contributed by atoms with Gasteiger partial charge in [-0.25, -0.2) is 0 Å². The topological polar surface area (TPSA) is 38.3 Å². The number of hydrogen-bond acceptors (Lipinski definition) is 2. The average Bonchev–Trinajstić information content (AvgIpc) is 2.81. The van der Waals surface area contributed by atoms with Crippen molar-refractivity contribution in [1.82, 2.24) is 5.32 Å². The minimum absolute atomic E-state index is 0.224. The number of carbonyl (C=O) groups is 1. The third-order valence-electron chi connectivity index (χ3n) is 3.75. The largest absolute Gasteiger partial charge is 0.376 e. The second-order valence-corrected chi connectivity index (χ2v) is 5.15. The van der Waals surface area contributed by atoms with Crippen molar-refractivity contribution in [2.45, 2.75) is 57.5 Å². The molecule has 1 saturated carbocycles. The normalized spacial score (nSPS) is 26.9. The Morgan fingerprint density at radius 1 is 1.12 bits per heavy atom. The summed E-state index contributed by atoms with van der Waals surface area (Å²) in [7, 11) is 0. The molecule has 2 fully saturated rings. The van der Waals surface area contributed by atoms with E-state index in [0.29, 0.717) is 12.5 Å². The fraction of sp³-hybridized carbons (Fsp3) is 0.923. The molecular formula is C13H23NO2. The van der Waals surface area contributed by atoms with Crippen LogP contribution in [0, 0.1) is 5.92 Å². The minimum atomic E-state index is 0.224.